The van der Waals surface area contributed by atoms with E-state index in [0.29, 0.717) is 0 Å². The van der Waals surface area contributed by atoms with Gasteiger partial charge >= 0.3 is 72.3 Å². The van der Waals surface area contributed by atoms with E-state index in [0.717, 1.165) is 6.42 Å². The van der Waals surface area contributed by atoms with E-state index in [1.165, 1.54) is 0 Å². The summed E-state index contributed by atoms with van der Waals surface area (Å²) in [6, 6.07) is 0. The van der Waals surface area contributed by atoms with Crippen molar-refractivity contribution in [3.05, 3.63) is 0 Å². The van der Waals surface area contributed by atoms with Crippen molar-refractivity contribution >= 4 is 13.6 Å². The van der Waals surface area contributed by atoms with Gasteiger partial charge in [0.25, 0.3) is 0 Å². The monoisotopic (exact) mass is 166 g/mol. The van der Waals surface area contributed by atoms with E-state index in [9.17, 15) is 5.11 Å². The van der Waals surface area contributed by atoms with Gasteiger partial charge in [-0.2, -0.15) is 0 Å². The molecule has 0 radical (unpaired) electrons. The third kappa shape index (κ3) is 1.04. The molecule has 1 unspecified atom stereocenters. The van der Waals surface area contributed by atoms with Gasteiger partial charge in [0, 0.05) is 0 Å². The molecule has 3 nitrogen and oxygen atoms in total. The number of hydrogen-bond acceptors (Lipinski definition) is 3. The van der Waals surface area contributed by atoms with E-state index >= 15 is 0 Å². The Kier molecular flexibility index (Phi) is 1.97. The summed E-state index contributed by atoms with van der Waals surface area (Å²) in [6.45, 7) is 5.81. The molecule has 1 fully saturated rings. The minimum absolute atomic E-state index is 0.0278. The standard InChI is InChI=1S/C7H12B2O3/c1-3-4-5(11-2)6(10)7(12-4)8-9-7/h4-6,10H,3H2,1-2H3/t4-,5?,6+/m1/s1. The fourth-order valence-corrected chi connectivity index (χ4v) is 1.81. The molecule has 0 bridgehead atoms. The van der Waals surface area contributed by atoms with Gasteiger partial charge in [0.2, 0.25) is 0 Å². The molecule has 5 heteroatoms. The molecule has 12 heavy (non-hydrogen) atoms. The summed E-state index contributed by atoms with van der Waals surface area (Å²) in [5, 5.41) is 9.30. The molecule has 0 aromatic rings. The molecular weight excluding hydrogens is 154 g/mol. The van der Waals surface area contributed by atoms with Crippen molar-refractivity contribution in [1.29, 1.82) is 0 Å². The summed E-state index contributed by atoms with van der Waals surface area (Å²) in [7, 11) is 1.61. The first-order valence-electron chi connectivity index (χ1n) is 4.32. The van der Waals surface area contributed by atoms with E-state index < -0.39 is 11.5 Å². The van der Waals surface area contributed by atoms with Gasteiger partial charge in [0.15, 0.2) is 0 Å². The van der Waals surface area contributed by atoms with Crippen LogP contribution in [0.5, 0.6) is 0 Å². The first-order valence-corrected chi connectivity index (χ1v) is 4.32. The quantitative estimate of drug-likeness (QED) is 0.543. The zero-order valence-electron chi connectivity index (χ0n) is 7.36. The fraction of sp³-hybridized carbons (Fsp3) is 1.00. The van der Waals surface area contributed by atoms with E-state index in [2.05, 4.69) is 0 Å². The average Bonchev–Trinajstić information content (AvgIpc) is 2.78. The van der Waals surface area contributed by atoms with Crippen LogP contribution in [0.25, 0.3) is 0 Å². The van der Waals surface area contributed by atoms with E-state index in [1.807, 2.05) is 20.5 Å². The molecule has 2 aliphatic heterocycles. The summed E-state index contributed by atoms with van der Waals surface area (Å²) in [5.41, 5.74) is 0. The Morgan fingerprint density at radius 3 is 2.58 bits per heavy atom. The normalized spacial score (nSPS) is 41.1. The second-order valence-corrected chi connectivity index (χ2v) is 3.40. The Bertz CT molecular complexity index is 213. The minimum atomic E-state index is -0.521. The van der Waals surface area contributed by atoms with Crippen LogP contribution in [-0.4, -0.2) is 49.5 Å². The molecule has 3 atom stereocenters. The number of hydrogen-bond donors (Lipinski definition) is 1. The maximum absolute atomic E-state index is 9.77. The topological polar surface area (TPSA) is 38.7 Å². The SMILES string of the molecule is CC[C@H]1OC2(B=B2)[C@@H](O)C1OC. The Morgan fingerprint density at radius 2 is 2.25 bits per heavy atom. The van der Waals surface area contributed by atoms with Gasteiger partial charge in [-0.15, -0.1) is 0 Å². The Labute approximate surface area is 73.2 Å². The molecular formula is C7H12B2O3. The summed E-state index contributed by atoms with van der Waals surface area (Å²) in [6.07, 6.45) is 0.205. The molecule has 0 amide bonds. The van der Waals surface area contributed by atoms with Gasteiger partial charge in [-0.1, -0.05) is 0 Å². The van der Waals surface area contributed by atoms with Crippen molar-refractivity contribution in [1.82, 2.24) is 0 Å². The van der Waals surface area contributed by atoms with Crippen LogP contribution in [-0.2, 0) is 9.47 Å². The molecule has 0 aromatic heterocycles. The van der Waals surface area contributed by atoms with Crippen LogP contribution in [0.1, 0.15) is 13.3 Å². The second kappa shape index (κ2) is 2.76. The van der Waals surface area contributed by atoms with Crippen LogP contribution >= 0.6 is 0 Å². The van der Waals surface area contributed by atoms with Crippen molar-refractivity contribution in [2.24, 2.45) is 0 Å². The maximum atomic E-state index is 9.77. The number of aliphatic hydroxyl groups is 1. The molecule has 0 aromatic carbocycles. The van der Waals surface area contributed by atoms with E-state index in [1.54, 1.807) is 7.11 Å². The molecule has 1 spiro atoms. The summed E-state index contributed by atoms with van der Waals surface area (Å²) < 4.78 is 10.8. The second-order valence-electron chi connectivity index (χ2n) is 3.40. The average molecular weight is 166 g/mol. The molecule has 2 aliphatic rings. The van der Waals surface area contributed by atoms with Gasteiger partial charge in [-0.3, -0.25) is 0 Å². The van der Waals surface area contributed by atoms with Gasteiger partial charge in [0.05, 0.1) is 0 Å². The van der Waals surface area contributed by atoms with Gasteiger partial charge in [0.1, 0.15) is 0 Å². The van der Waals surface area contributed by atoms with Crippen LogP contribution in [0.3, 0.4) is 0 Å². The van der Waals surface area contributed by atoms with Gasteiger partial charge in [-0.25, -0.2) is 0 Å². The van der Waals surface area contributed by atoms with Crippen molar-refractivity contribution in [3.8, 4) is 0 Å². The van der Waals surface area contributed by atoms with Crippen molar-refractivity contribution in [3.63, 3.8) is 0 Å². The van der Waals surface area contributed by atoms with Gasteiger partial charge < -0.3 is 0 Å². The number of rotatable bonds is 2. The Balaban J connectivity index is 2.11. The molecule has 1 N–H and O–H groups in total. The summed E-state index contributed by atoms with van der Waals surface area (Å²) in [5.74, 6) is 0. The zero-order chi connectivity index (χ0) is 8.77. The molecule has 1 saturated heterocycles. The van der Waals surface area contributed by atoms with Crippen LogP contribution in [0.15, 0.2) is 0 Å². The zero-order valence-corrected chi connectivity index (χ0v) is 7.36. The fourth-order valence-electron chi connectivity index (χ4n) is 1.81. The van der Waals surface area contributed by atoms with Crippen LogP contribution in [0.4, 0.5) is 0 Å². The predicted octanol–water partition coefficient (Wildman–Crippen LogP) is -0.838. The first-order chi connectivity index (χ1) is 5.73. The number of ether oxygens (including phenoxy) is 2. The molecule has 0 aliphatic carbocycles. The first kappa shape index (κ1) is 8.60. The van der Waals surface area contributed by atoms with E-state index in [4.69, 9.17) is 9.47 Å². The third-order valence-corrected chi connectivity index (χ3v) is 2.67. The Morgan fingerprint density at radius 1 is 1.58 bits per heavy atom. The molecule has 2 rings (SSSR count). The Hall–Kier alpha value is 0.00987. The van der Waals surface area contributed by atoms with Crippen LogP contribution in [0, 0.1) is 0 Å². The molecule has 0 saturated carbocycles. The number of aliphatic hydroxyl groups excluding tert-OH is 1. The van der Waals surface area contributed by atoms with Crippen LogP contribution < -0.4 is 0 Å². The van der Waals surface area contributed by atoms with Gasteiger partial charge in [-0.05, 0) is 0 Å². The van der Waals surface area contributed by atoms with Crippen molar-refractivity contribution < 1.29 is 14.6 Å². The predicted molar refractivity (Wildman–Crippen MR) is 46.2 cm³/mol. The van der Waals surface area contributed by atoms with Crippen molar-refractivity contribution in [2.75, 3.05) is 7.11 Å². The van der Waals surface area contributed by atoms with E-state index in [-0.39, 0.29) is 12.2 Å². The van der Waals surface area contributed by atoms with Crippen molar-refractivity contribution in [2.45, 2.75) is 37.1 Å². The third-order valence-electron chi connectivity index (χ3n) is 2.67. The summed E-state index contributed by atoms with van der Waals surface area (Å²) >= 11 is 0. The van der Waals surface area contributed by atoms with Crippen LogP contribution in [0.2, 0.25) is 0 Å². The number of methoxy groups -OCH3 is 1. The molecule has 64 valence electrons. The molecule has 2 heterocycles. The summed E-state index contributed by atoms with van der Waals surface area (Å²) in [4.78, 5) is 0.